The lowest BCUT2D eigenvalue weighted by Gasteiger charge is -2.15. The Bertz CT molecular complexity index is 601. The van der Waals surface area contributed by atoms with Crippen molar-refractivity contribution in [2.24, 2.45) is 5.73 Å². The maximum Gasteiger partial charge on any atom is 0.120 e. The van der Waals surface area contributed by atoms with Gasteiger partial charge in [0.1, 0.15) is 12.4 Å². The third kappa shape index (κ3) is 5.56. The van der Waals surface area contributed by atoms with Crippen LogP contribution in [0.4, 0.5) is 0 Å². The summed E-state index contributed by atoms with van der Waals surface area (Å²) in [4.78, 5) is 6.46. The van der Waals surface area contributed by atoms with E-state index in [1.807, 2.05) is 29.8 Å². The Balaban J connectivity index is 1.77. The lowest BCUT2D eigenvalue weighted by atomic mass is 10.2. The highest BCUT2D eigenvalue weighted by Gasteiger charge is 2.02. The van der Waals surface area contributed by atoms with E-state index >= 15 is 0 Å². The van der Waals surface area contributed by atoms with Crippen molar-refractivity contribution in [2.75, 3.05) is 26.7 Å². The average molecular weight is 301 g/mol. The Morgan fingerprint density at radius 2 is 2.33 bits per heavy atom. The fourth-order valence-corrected chi connectivity index (χ4v) is 2.36. The number of benzene rings is 1. The topological polar surface area (TPSA) is 51.4 Å². The molecule has 1 aromatic heterocycles. The molecule has 0 spiro atoms. The number of nitrogens with zero attached hydrogens (tertiary/aromatic N) is 2. The Labute approximate surface area is 129 Å². The molecule has 0 fully saturated rings. The summed E-state index contributed by atoms with van der Waals surface area (Å²) >= 11 is 1.62. The summed E-state index contributed by atoms with van der Waals surface area (Å²) in [7, 11) is 2.06. The number of rotatable bonds is 6. The molecule has 0 saturated carbocycles. The van der Waals surface area contributed by atoms with Gasteiger partial charge < -0.3 is 10.5 Å². The molecule has 0 aliphatic rings. The third-order valence-electron chi connectivity index (χ3n) is 2.83. The lowest BCUT2D eigenvalue weighted by Crippen LogP contribution is -2.24. The van der Waals surface area contributed by atoms with Crippen LogP contribution in [0.1, 0.15) is 11.3 Å². The first-order chi connectivity index (χ1) is 10.3. The molecule has 0 aliphatic heterocycles. The van der Waals surface area contributed by atoms with Gasteiger partial charge in [-0.1, -0.05) is 17.9 Å². The Kier molecular flexibility index (Phi) is 6.22. The largest absolute Gasteiger partial charge is 0.492 e. The molecular formula is C16H19N3OS. The van der Waals surface area contributed by atoms with Gasteiger partial charge in [0, 0.05) is 24.0 Å². The number of hydrogen-bond acceptors (Lipinski definition) is 5. The Hall–Kier alpha value is -1.87. The zero-order valence-electron chi connectivity index (χ0n) is 12.1. The summed E-state index contributed by atoms with van der Waals surface area (Å²) in [6, 6.07) is 7.76. The van der Waals surface area contributed by atoms with E-state index in [0.717, 1.165) is 30.1 Å². The fraction of sp³-hybridized carbons (Fsp3) is 0.312. The predicted molar refractivity (Wildman–Crippen MR) is 86.3 cm³/mol. The summed E-state index contributed by atoms with van der Waals surface area (Å²) in [5, 5.41) is 2.07. The van der Waals surface area contributed by atoms with Gasteiger partial charge in [-0.15, -0.1) is 11.3 Å². The predicted octanol–water partition coefficient (Wildman–Crippen LogP) is 1.96. The normalized spacial score (nSPS) is 10.2. The summed E-state index contributed by atoms with van der Waals surface area (Å²) in [6.07, 6.45) is 0. The summed E-state index contributed by atoms with van der Waals surface area (Å²) in [5.74, 6) is 6.67. The standard InChI is InChI=1S/C16H19N3OS/c1-19(11-15-12-21-13-18-15)8-9-20-16-6-2-4-14(10-16)5-3-7-17/h2,4,6,10,12-13H,7-9,11,17H2,1H3. The number of nitrogens with two attached hydrogens (primary N) is 1. The van der Waals surface area contributed by atoms with Gasteiger partial charge in [0.25, 0.3) is 0 Å². The molecule has 0 unspecified atom stereocenters. The number of ether oxygens (including phenoxy) is 1. The monoisotopic (exact) mass is 301 g/mol. The number of likely N-dealkylation sites (N-methyl/N-ethyl adjacent to an activating group) is 1. The van der Waals surface area contributed by atoms with Crippen molar-refractivity contribution in [3.63, 3.8) is 0 Å². The SMILES string of the molecule is CN(CCOc1cccc(C#CCN)c1)Cc1cscn1. The molecule has 0 bridgehead atoms. The van der Waals surface area contributed by atoms with Gasteiger partial charge in [0.15, 0.2) is 0 Å². The quantitative estimate of drug-likeness (QED) is 0.829. The second kappa shape index (κ2) is 8.42. The van der Waals surface area contributed by atoms with E-state index < -0.39 is 0 Å². The summed E-state index contributed by atoms with van der Waals surface area (Å²) in [6.45, 7) is 2.69. The van der Waals surface area contributed by atoms with Gasteiger partial charge in [0.05, 0.1) is 17.7 Å². The molecule has 5 heteroatoms. The van der Waals surface area contributed by atoms with E-state index in [2.05, 4.69) is 34.2 Å². The zero-order valence-corrected chi connectivity index (χ0v) is 12.9. The summed E-state index contributed by atoms with van der Waals surface area (Å²) < 4.78 is 5.76. The number of thiazole rings is 1. The van der Waals surface area contributed by atoms with Crippen LogP contribution in [0.5, 0.6) is 5.75 Å². The van der Waals surface area contributed by atoms with Crippen molar-refractivity contribution >= 4 is 11.3 Å². The van der Waals surface area contributed by atoms with E-state index in [-0.39, 0.29) is 0 Å². The van der Waals surface area contributed by atoms with Crippen molar-refractivity contribution < 1.29 is 4.74 Å². The van der Waals surface area contributed by atoms with E-state index in [4.69, 9.17) is 10.5 Å². The molecule has 110 valence electrons. The molecule has 0 atom stereocenters. The molecule has 2 N–H and O–H groups in total. The van der Waals surface area contributed by atoms with E-state index in [1.54, 1.807) is 11.3 Å². The molecule has 1 heterocycles. The van der Waals surface area contributed by atoms with Crippen LogP contribution in [0.3, 0.4) is 0 Å². The maximum absolute atomic E-state index is 5.76. The Morgan fingerprint density at radius 3 is 3.10 bits per heavy atom. The van der Waals surface area contributed by atoms with Crippen molar-refractivity contribution in [3.05, 3.63) is 46.4 Å². The highest BCUT2D eigenvalue weighted by Crippen LogP contribution is 2.12. The molecule has 21 heavy (non-hydrogen) atoms. The van der Waals surface area contributed by atoms with Gasteiger partial charge >= 0.3 is 0 Å². The highest BCUT2D eigenvalue weighted by atomic mass is 32.1. The minimum Gasteiger partial charge on any atom is -0.492 e. The molecule has 1 aromatic carbocycles. The van der Waals surface area contributed by atoms with Crippen LogP contribution in [-0.4, -0.2) is 36.6 Å². The minimum atomic E-state index is 0.368. The van der Waals surface area contributed by atoms with Gasteiger partial charge in [0.2, 0.25) is 0 Å². The third-order valence-corrected chi connectivity index (χ3v) is 3.46. The van der Waals surface area contributed by atoms with Crippen LogP contribution < -0.4 is 10.5 Å². The van der Waals surface area contributed by atoms with E-state index in [1.165, 1.54) is 0 Å². The van der Waals surface area contributed by atoms with Gasteiger partial charge in [-0.3, -0.25) is 4.90 Å². The second-order valence-electron chi connectivity index (χ2n) is 4.60. The van der Waals surface area contributed by atoms with Gasteiger partial charge in [-0.25, -0.2) is 4.98 Å². The van der Waals surface area contributed by atoms with E-state index in [0.29, 0.717) is 13.2 Å². The van der Waals surface area contributed by atoms with Gasteiger partial charge in [-0.2, -0.15) is 0 Å². The highest BCUT2D eigenvalue weighted by molar-refractivity contribution is 7.07. The molecule has 0 aliphatic carbocycles. The minimum absolute atomic E-state index is 0.368. The fourth-order valence-electron chi connectivity index (χ4n) is 1.81. The van der Waals surface area contributed by atoms with Crippen molar-refractivity contribution in [3.8, 4) is 17.6 Å². The van der Waals surface area contributed by atoms with Gasteiger partial charge in [-0.05, 0) is 25.2 Å². The van der Waals surface area contributed by atoms with E-state index in [9.17, 15) is 0 Å². The molecule has 2 aromatic rings. The first-order valence-electron chi connectivity index (χ1n) is 6.75. The van der Waals surface area contributed by atoms with Crippen LogP contribution in [0.25, 0.3) is 0 Å². The van der Waals surface area contributed by atoms with Crippen molar-refractivity contribution in [1.29, 1.82) is 0 Å². The molecule has 0 saturated heterocycles. The smallest absolute Gasteiger partial charge is 0.120 e. The van der Waals surface area contributed by atoms with Crippen molar-refractivity contribution in [2.45, 2.75) is 6.54 Å². The van der Waals surface area contributed by atoms with Crippen LogP contribution in [0.15, 0.2) is 35.2 Å². The lowest BCUT2D eigenvalue weighted by molar-refractivity contribution is 0.231. The van der Waals surface area contributed by atoms with Crippen molar-refractivity contribution in [1.82, 2.24) is 9.88 Å². The van der Waals surface area contributed by atoms with Crippen LogP contribution in [-0.2, 0) is 6.54 Å². The number of hydrogen-bond donors (Lipinski definition) is 1. The van der Waals surface area contributed by atoms with Crippen LogP contribution in [0, 0.1) is 11.8 Å². The Morgan fingerprint density at radius 1 is 1.43 bits per heavy atom. The molecule has 2 rings (SSSR count). The molecule has 0 amide bonds. The average Bonchev–Trinajstić information content (AvgIpc) is 2.98. The second-order valence-corrected chi connectivity index (χ2v) is 5.32. The number of aromatic nitrogens is 1. The van der Waals surface area contributed by atoms with Crippen LogP contribution >= 0.6 is 11.3 Å². The maximum atomic E-state index is 5.76. The molecule has 0 radical (unpaired) electrons. The molecular weight excluding hydrogens is 282 g/mol. The zero-order chi connectivity index (χ0) is 14.9. The van der Waals surface area contributed by atoms with Crippen LogP contribution in [0.2, 0.25) is 0 Å². The summed E-state index contributed by atoms with van der Waals surface area (Å²) in [5.41, 5.74) is 9.25. The molecule has 4 nitrogen and oxygen atoms in total. The first kappa shape index (κ1) is 15.5. The first-order valence-corrected chi connectivity index (χ1v) is 7.69.